The van der Waals surface area contributed by atoms with Crippen LogP contribution in [-0.2, 0) is 13.2 Å². The summed E-state index contributed by atoms with van der Waals surface area (Å²) >= 11 is 6.22. The summed E-state index contributed by atoms with van der Waals surface area (Å²) in [5, 5.41) is 4.07. The largest absolute Gasteiger partial charge is 0.496 e. The van der Waals surface area contributed by atoms with Gasteiger partial charge in [-0.15, -0.1) is 0 Å². The predicted molar refractivity (Wildman–Crippen MR) is 109 cm³/mol. The van der Waals surface area contributed by atoms with Crippen LogP contribution in [0.2, 0.25) is 5.02 Å². The Kier molecular flexibility index (Phi) is 5.17. The van der Waals surface area contributed by atoms with Crippen LogP contribution in [0, 0.1) is 5.82 Å². The number of methoxy groups -OCH3 is 1. The van der Waals surface area contributed by atoms with E-state index in [1.165, 1.54) is 38.7 Å². The molecule has 1 atom stereocenters. The van der Waals surface area contributed by atoms with Gasteiger partial charge in [0.2, 0.25) is 0 Å². The Labute approximate surface area is 179 Å². The van der Waals surface area contributed by atoms with Gasteiger partial charge in [-0.25, -0.2) is 9.37 Å². The summed E-state index contributed by atoms with van der Waals surface area (Å²) in [5.74, 6) is -0.614. The second-order valence-electron chi connectivity index (χ2n) is 7.13. The van der Waals surface area contributed by atoms with Gasteiger partial charge in [-0.2, -0.15) is 18.3 Å². The van der Waals surface area contributed by atoms with Crippen LogP contribution in [0.5, 0.6) is 5.75 Å². The molecule has 0 amide bonds. The molecule has 1 N–H and O–H groups in total. The second kappa shape index (κ2) is 7.56. The lowest BCUT2D eigenvalue weighted by molar-refractivity contribution is -0.140. The highest BCUT2D eigenvalue weighted by molar-refractivity contribution is 6.31. The first-order chi connectivity index (χ1) is 14.6. The van der Waals surface area contributed by atoms with Crippen LogP contribution < -0.4 is 4.74 Å². The number of benzene rings is 1. The third-order valence-electron chi connectivity index (χ3n) is 5.18. The van der Waals surface area contributed by atoms with Crippen molar-refractivity contribution in [2.24, 2.45) is 7.05 Å². The van der Waals surface area contributed by atoms with E-state index < -0.39 is 23.6 Å². The molecule has 0 unspecified atom stereocenters. The van der Waals surface area contributed by atoms with Crippen LogP contribution in [0.1, 0.15) is 29.7 Å². The van der Waals surface area contributed by atoms with Crippen LogP contribution in [0.4, 0.5) is 17.6 Å². The first kappa shape index (κ1) is 21.2. The average Bonchev–Trinajstić information content (AvgIpc) is 3.32. The first-order valence-corrected chi connectivity index (χ1v) is 9.59. The number of aromatic nitrogens is 4. The number of pyridine rings is 1. The number of rotatable bonds is 4. The quantitative estimate of drug-likeness (QED) is 0.390. The summed E-state index contributed by atoms with van der Waals surface area (Å²) in [6.07, 6.45) is -0.272. The van der Waals surface area contributed by atoms with E-state index in [0.717, 1.165) is 4.68 Å². The summed E-state index contributed by atoms with van der Waals surface area (Å²) in [6.45, 7) is 1.81. The maximum atomic E-state index is 14.1. The number of fused-ring (bicyclic) bond motifs is 1. The fraction of sp³-hybridized carbons (Fsp3) is 0.238. The molecular weight excluding hydrogens is 436 g/mol. The van der Waals surface area contributed by atoms with Gasteiger partial charge >= 0.3 is 6.18 Å². The van der Waals surface area contributed by atoms with Gasteiger partial charge in [-0.3, -0.25) is 4.68 Å². The Morgan fingerprint density at radius 1 is 1.26 bits per heavy atom. The fourth-order valence-electron chi connectivity index (χ4n) is 3.72. The lowest BCUT2D eigenvalue weighted by atomic mass is 9.91. The van der Waals surface area contributed by atoms with Gasteiger partial charge in [0.05, 0.1) is 12.1 Å². The number of hydrogen-bond donors (Lipinski definition) is 1. The number of hydrogen-bond acceptors (Lipinski definition) is 3. The zero-order chi connectivity index (χ0) is 22.5. The van der Waals surface area contributed by atoms with Crippen molar-refractivity contribution in [1.29, 1.82) is 0 Å². The van der Waals surface area contributed by atoms with Crippen molar-refractivity contribution < 1.29 is 22.3 Å². The lowest BCUT2D eigenvalue weighted by Gasteiger charge is -2.17. The molecule has 0 bridgehead atoms. The van der Waals surface area contributed by atoms with E-state index in [1.54, 1.807) is 12.3 Å². The van der Waals surface area contributed by atoms with Crippen LogP contribution in [0.25, 0.3) is 22.2 Å². The van der Waals surface area contributed by atoms with Crippen molar-refractivity contribution in [3.05, 3.63) is 64.5 Å². The molecule has 0 spiro atoms. The van der Waals surface area contributed by atoms with E-state index >= 15 is 0 Å². The van der Waals surface area contributed by atoms with Gasteiger partial charge in [-0.1, -0.05) is 18.5 Å². The van der Waals surface area contributed by atoms with Gasteiger partial charge < -0.3 is 9.72 Å². The Morgan fingerprint density at radius 3 is 2.68 bits per heavy atom. The highest BCUT2D eigenvalue weighted by atomic mass is 35.5. The molecule has 0 aliphatic rings. The van der Waals surface area contributed by atoms with Gasteiger partial charge in [-0.05, 0) is 23.8 Å². The highest BCUT2D eigenvalue weighted by Crippen LogP contribution is 2.42. The molecule has 162 valence electrons. The number of ether oxygens (including phenoxy) is 1. The molecule has 0 aliphatic carbocycles. The molecular formula is C21H17ClF4N4O. The molecule has 0 saturated heterocycles. The number of alkyl halides is 3. The summed E-state index contributed by atoms with van der Waals surface area (Å²) in [7, 11) is 2.88. The van der Waals surface area contributed by atoms with E-state index in [1.807, 2.05) is 6.92 Å². The van der Waals surface area contributed by atoms with Crippen molar-refractivity contribution in [3.8, 4) is 16.9 Å². The second-order valence-corrected chi connectivity index (χ2v) is 7.50. The molecule has 4 rings (SSSR count). The molecule has 5 nitrogen and oxygen atoms in total. The van der Waals surface area contributed by atoms with E-state index in [2.05, 4.69) is 15.1 Å². The Hall–Kier alpha value is -3.07. The highest BCUT2D eigenvalue weighted by Gasteiger charge is 2.37. The number of aryl methyl sites for hydroxylation is 1. The summed E-state index contributed by atoms with van der Waals surface area (Å²) in [4.78, 5) is 7.28. The van der Waals surface area contributed by atoms with E-state index in [4.69, 9.17) is 16.3 Å². The molecule has 0 radical (unpaired) electrons. The topological polar surface area (TPSA) is 55.7 Å². The molecule has 3 heterocycles. The SMILES string of the molecule is COc1ccc(F)c(Cl)c1[C@@H](C)c1c[nH]c2ncc(-c3cn(C)nc3C(F)(F)F)cc12. The molecule has 0 saturated carbocycles. The predicted octanol–water partition coefficient (Wildman–Crippen LogP) is 5.94. The van der Waals surface area contributed by atoms with Crippen LogP contribution in [0.15, 0.2) is 36.8 Å². The smallest absolute Gasteiger partial charge is 0.435 e. The zero-order valence-corrected chi connectivity index (χ0v) is 17.4. The number of nitrogens with one attached hydrogen (secondary N) is 1. The molecule has 3 aromatic heterocycles. The van der Waals surface area contributed by atoms with Crippen LogP contribution in [0.3, 0.4) is 0 Å². The maximum Gasteiger partial charge on any atom is 0.435 e. The molecule has 31 heavy (non-hydrogen) atoms. The van der Waals surface area contributed by atoms with Gasteiger partial charge in [0, 0.05) is 53.6 Å². The Bertz CT molecular complexity index is 1280. The third-order valence-corrected chi connectivity index (χ3v) is 5.57. The van der Waals surface area contributed by atoms with Crippen molar-refractivity contribution in [2.75, 3.05) is 7.11 Å². The third kappa shape index (κ3) is 3.63. The minimum Gasteiger partial charge on any atom is -0.496 e. The average molecular weight is 453 g/mol. The van der Waals surface area contributed by atoms with Gasteiger partial charge in [0.15, 0.2) is 5.69 Å². The van der Waals surface area contributed by atoms with Crippen molar-refractivity contribution >= 4 is 22.6 Å². The number of nitrogens with zero attached hydrogens (tertiary/aromatic N) is 3. The number of aromatic amines is 1. The van der Waals surface area contributed by atoms with Gasteiger partial charge in [0.25, 0.3) is 0 Å². The van der Waals surface area contributed by atoms with E-state index in [9.17, 15) is 17.6 Å². The minimum atomic E-state index is -4.61. The fourth-order valence-corrected chi connectivity index (χ4v) is 4.04. The minimum absolute atomic E-state index is 0.0723. The Balaban J connectivity index is 1.88. The van der Waals surface area contributed by atoms with Crippen molar-refractivity contribution in [2.45, 2.75) is 19.0 Å². The summed E-state index contributed by atoms with van der Waals surface area (Å²) in [6, 6.07) is 4.31. The number of H-pyrrole nitrogens is 1. The van der Waals surface area contributed by atoms with Crippen molar-refractivity contribution in [3.63, 3.8) is 0 Å². The standard InChI is InChI=1S/C21H17ClF4N4O/c1-10(17-16(31-3)5-4-15(23)18(17)22)13-8-28-20-12(13)6-11(7-27-20)14-9-30(2)29-19(14)21(24,25)26/h4-10H,1-3H3,(H,27,28)/t10-/m0/s1. The Morgan fingerprint density at radius 2 is 2.00 bits per heavy atom. The zero-order valence-electron chi connectivity index (χ0n) is 16.7. The number of halogens is 5. The normalized spacial score (nSPS) is 13.0. The molecule has 0 fully saturated rings. The maximum absolute atomic E-state index is 14.1. The molecule has 1 aromatic carbocycles. The molecule has 4 aromatic rings. The monoisotopic (exact) mass is 452 g/mol. The van der Waals surface area contributed by atoms with Gasteiger partial charge in [0.1, 0.15) is 17.2 Å². The van der Waals surface area contributed by atoms with Crippen LogP contribution >= 0.6 is 11.6 Å². The summed E-state index contributed by atoms with van der Waals surface area (Å²) < 4.78 is 60.9. The lowest BCUT2D eigenvalue weighted by Crippen LogP contribution is -2.08. The first-order valence-electron chi connectivity index (χ1n) is 9.22. The van der Waals surface area contributed by atoms with E-state index in [-0.39, 0.29) is 16.1 Å². The molecule has 10 heteroatoms. The molecule has 0 aliphatic heterocycles. The van der Waals surface area contributed by atoms with Crippen molar-refractivity contribution in [1.82, 2.24) is 19.7 Å². The van der Waals surface area contributed by atoms with E-state index in [0.29, 0.717) is 27.9 Å². The summed E-state index contributed by atoms with van der Waals surface area (Å²) in [5.41, 5.74) is 0.801. The van der Waals surface area contributed by atoms with Crippen LogP contribution in [-0.4, -0.2) is 26.9 Å².